The van der Waals surface area contributed by atoms with E-state index in [-0.39, 0.29) is 39.4 Å². The second-order valence-electron chi connectivity index (χ2n) is 9.79. The zero-order valence-corrected chi connectivity index (χ0v) is 22.4. The Bertz CT molecular complexity index is 1580. The summed E-state index contributed by atoms with van der Waals surface area (Å²) in [5, 5.41) is -0.588. The van der Waals surface area contributed by atoms with Crippen molar-refractivity contribution in [2.45, 2.75) is 36.7 Å². The molecule has 7 nitrogen and oxygen atoms in total. The van der Waals surface area contributed by atoms with Crippen molar-refractivity contribution in [3.05, 3.63) is 27.3 Å². The Balaban J connectivity index is 1.75. The van der Waals surface area contributed by atoms with E-state index in [0.29, 0.717) is 0 Å². The first-order valence-electron chi connectivity index (χ1n) is 11.9. The largest absolute Gasteiger partial charge is 0.387 e. The van der Waals surface area contributed by atoms with Gasteiger partial charge in [0.25, 0.3) is 11.8 Å². The first kappa shape index (κ1) is 32.2. The Kier molecular flexibility index (Phi) is 8.28. The highest BCUT2D eigenvalue weighted by molar-refractivity contribution is 6.64. The lowest BCUT2D eigenvalue weighted by Gasteiger charge is -2.41. The molecule has 20 radical (unpaired) electrons. The molecule has 42 heavy (non-hydrogen) atoms. The Hall–Kier alpha value is -2.68. The predicted octanol–water partition coefficient (Wildman–Crippen LogP) is -7.19. The average Bonchev–Trinajstić information content (AvgIpc) is 3.11. The van der Waals surface area contributed by atoms with Gasteiger partial charge in [-0.25, -0.2) is 0 Å². The van der Waals surface area contributed by atoms with Gasteiger partial charge in [-0.05, 0) is 22.9 Å². The van der Waals surface area contributed by atoms with Crippen LogP contribution in [-0.4, -0.2) is 118 Å². The van der Waals surface area contributed by atoms with Crippen LogP contribution in [0.25, 0.3) is 0 Å². The molecule has 2 aromatic rings. The third kappa shape index (κ3) is 4.70. The number of carbonyl (C=O) groups is 4. The van der Waals surface area contributed by atoms with E-state index in [9.17, 15) is 19.2 Å². The monoisotopic (exact) mass is 561 g/mol. The van der Waals surface area contributed by atoms with Crippen molar-refractivity contribution in [1.29, 1.82) is 0 Å². The van der Waals surface area contributed by atoms with Gasteiger partial charge in [0.1, 0.15) is 61.0 Å². The van der Waals surface area contributed by atoms with Crippen LogP contribution in [0.15, 0.2) is 0 Å². The molecule has 2 aromatic carbocycles. The summed E-state index contributed by atoms with van der Waals surface area (Å²) < 4.78 is 31.0. The van der Waals surface area contributed by atoms with Crippen LogP contribution in [-0.2, 0) is 32.2 Å². The number of rotatable bonds is 5. The number of fused-ring (bicyclic) bond motifs is 1. The Morgan fingerprint density at radius 2 is 1.50 bits per heavy atom. The maximum atomic E-state index is 15.5. The van der Waals surface area contributed by atoms with E-state index < -0.39 is 91.3 Å². The van der Waals surface area contributed by atoms with Gasteiger partial charge in [-0.15, -0.1) is 0 Å². The fraction of sp³-hybridized carbons (Fsp3) is 0.273. The van der Waals surface area contributed by atoms with Crippen molar-refractivity contribution in [3.8, 4) is 0 Å². The fourth-order valence-corrected chi connectivity index (χ4v) is 5.28. The number of nitrogens with one attached hydrogen (secondary N) is 1. The number of hydrogen-bond donors (Lipinski definition) is 1. The van der Waals surface area contributed by atoms with Crippen LogP contribution in [0.2, 0.25) is 5.02 Å². The molecule has 0 saturated carbocycles. The molecule has 2 aliphatic heterocycles. The predicted molar refractivity (Wildman–Crippen MR) is 161 cm³/mol. The van der Waals surface area contributed by atoms with E-state index in [4.69, 9.17) is 90.2 Å². The van der Waals surface area contributed by atoms with Crippen molar-refractivity contribution in [3.63, 3.8) is 0 Å². The lowest BCUT2D eigenvalue weighted by molar-refractivity contribution is -0.153. The third-order valence-electron chi connectivity index (χ3n) is 7.25. The highest BCUT2D eigenvalue weighted by atomic mass is 35.5. The second kappa shape index (κ2) is 10.8. The molecule has 2 aliphatic rings. The number of nitrogens with zero attached hydrogens (tertiary/aromatic N) is 2. The summed E-state index contributed by atoms with van der Waals surface area (Å²) in [6.45, 7) is -0.912. The lowest BCUT2D eigenvalue weighted by Crippen LogP contribution is -2.59. The molecular weight excluding hydrogens is 552 g/mol. The van der Waals surface area contributed by atoms with Crippen LogP contribution < -0.4 is 43.6 Å². The molecule has 1 fully saturated rings. The van der Waals surface area contributed by atoms with Gasteiger partial charge >= 0.3 is 5.92 Å². The van der Waals surface area contributed by atoms with E-state index in [1.165, 1.54) is 0 Å². The highest BCUT2D eigenvalue weighted by Gasteiger charge is 2.50. The Labute approximate surface area is 258 Å². The van der Waals surface area contributed by atoms with Gasteiger partial charge in [-0.3, -0.25) is 24.5 Å². The van der Waals surface area contributed by atoms with Crippen LogP contribution in [0.3, 0.4) is 0 Å². The van der Waals surface area contributed by atoms with E-state index in [0.717, 1.165) is 4.90 Å². The molecule has 0 spiro atoms. The summed E-state index contributed by atoms with van der Waals surface area (Å²) in [4.78, 5) is 51.3. The minimum atomic E-state index is -4.49. The lowest BCUT2D eigenvalue weighted by atomic mass is 9.53. The fourth-order valence-electron chi connectivity index (χ4n) is 5.07. The zero-order valence-electron chi connectivity index (χ0n) is 21.6. The van der Waals surface area contributed by atoms with Crippen molar-refractivity contribution < 1.29 is 28.0 Å². The third-order valence-corrected chi connectivity index (χ3v) is 7.65. The number of amides is 4. The standard InChI is InChI=1S/C22H8B10ClF2N3O4/c23-10-4(3-37(32)20(42)21(34,35)9-13(26)15(28)17(33)16(29)14(9)27)11(24)12(25)7-8(10)22(30,31)38(19(7)41)5-1-2-6(39)36-18(5)40/h5H,1-3H2,(H,36,39,40). The molecular formula is C22H8B10ClF2N3O4. The maximum absolute atomic E-state index is 15.5. The van der Waals surface area contributed by atoms with Gasteiger partial charge in [0.05, 0.1) is 15.7 Å². The molecule has 1 unspecified atom stereocenters. The molecule has 1 saturated heterocycles. The topological polar surface area (TPSA) is 86.8 Å². The number of halogens is 3. The Morgan fingerprint density at radius 3 is 2.02 bits per heavy atom. The first-order chi connectivity index (χ1) is 19.3. The summed E-state index contributed by atoms with van der Waals surface area (Å²) >= 11 is 5.86. The summed E-state index contributed by atoms with van der Waals surface area (Å²) in [7, 11) is 59.5. The zero-order chi connectivity index (χ0) is 31.8. The average molecular weight is 560 g/mol. The van der Waals surface area contributed by atoms with Crippen molar-refractivity contribution in [2.24, 2.45) is 0 Å². The SMILES string of the molecule is [B]c1c([B])c(C(F)(F)C(=O)N([B])Cc2c([B])c([B])c3c(c2[B])C([B])([B])N(C2CCC(=O)NC2=O)C3=O)c([B])c([B])c1Cl. The van der Waals surface area contributed by atoms with Gasteiger partial charge in [0.15, 0.2) is 0 Å². The molecule has 0 bridgehead atoms. The molecule has 4 amide bonds. The van der Waals surface area contributed by atoms with E-state index in [1.807, 2.05) is 0 Å². The van der Waals surface area contributed by atoms with Gasteiger partial charge in [0.2, 0.25) is 19.8 Å². The summed E-state index contributed by atoms with van der Waals surface area (Å²) in [6, 6.07) is -1.29. The van der Waals surface area contributed by atoms with Crippen LogP contribution in [0.1, 0.15) is 39.9 Å². The summed E-state index contributed by atoms with van der Waals surface area (Å²) in [5.41, 5.74) is -6.13. The molecule has 4 rings (SSSR count). The summed E-state index contributed by atoms with van der Waals surface area (Å²) in [5.74, 6) is -8.88. The number of carbonyl (C=O) groups excluding carboxylic acids is 4. The molecule has 20 heteroatoms. The smallest absolute Gasteiger partial charge is 0.347 e. The number of benzene rings is 2. The quantitative estimate of drug-likeness (QED) is 0.292. The van der Waals surface area contributed by atoms with Crippen molar-refractivity contribution in [1.82, 2.24) is 15.0 Å². The molecule has 0 aliphatic carbocycles. The maximum Gasteiger partial charge on any atom is 0.347 e. The normalized spacial score (nSPS) is 18.1. The van der Waals surface area contributed by atoms with Gasteiger partial charge in [-0.1, -0.05) is 49.8 Å². The minimum Gasteiger partial charge on any atom is -0.387 e. The molecule has 186 valence electrons. The van der Waals surface area contributed by atoms with Crippen LogP contribution in [0.4, 0.5) is 8.78 Å². The summed E-state index contributed by atoms with van der Waals surface area (Å²) in [6.07, 6.45) is -0.238. The van der Waals surface area contributed by atoms with Crippen LogP contribution in [0, 0.1) is 0 Å². The highest BCUT2D eigenvalue weighted by Crippen LogP contribution is 2.36. The van der Waals surface area contributed by atoms with Gasteiger partial charge in [-0.2, -0.15) is 8.78 Å². The van der Waals surface area contributed by atoms with Crippen LogP contribution >= 0.6 is 11.6 Å². The van der Waals surface area contributed by atoms with Gasteiger partial charge in [0, 0.05) is 29.1 Å². The molecule has 2 heterocycles. The van der Waals surface area contributed by atoms with E-state index in [1.54, 1.807) is 0 Å². The van der Waals surface area contributed by atoms with E-state index in [2.05, 4.69) is 5.32 Å². The minimum absolute atomic E-state index is 0.0389. The van der Waals surface area contributed by atoms with Crippen molar-refractivity contribution >= 4 is 152 Å². The molecule has 1 N–H and O–H groups in total. The second-order valence-corrected chi connectivity index (χ2v) is 10.2. The molecule has 1 atom stereocenters. The number of alkyl halides is 2. The number of piperidine rings is 1. The van der Waals surface area contributed by atoms with E-state index >= 15 is 8.78 Å². The van der Waals surface area contributed by atoms with Crippen LogP contribution in [0.5, 0.6) is 0 Å². The first-order valence-corrected chi connectivity index (χ1v) is 12.3. The van der Waals surface area contributed by atoms with Gasteiger partial charge < -0.3 is 9.71 Å². The molecule has 0 aromatic heterocycles. The number of hydrogen-bond acceptors (Lipinski definition) is 4. The Morgan fingerprint density at radius 1 is 0.952 bits per heavy atom. The number of imide groups is 1. The van der Waals surface area contributed by atoms with Crippen molar-refractivity contribution in [2.75, 3.05) is 0 Å².